The predicted molar refractivity (Wildman–Crippen MR) is 116 cm³/mol. The van der Waals surface area contributed by atoms with Crippen LogP contribution in [0.3, 0.4) is 0 Å². The Labute approximate surface area is 177 Å². The van der Waals surface area contributed by atoms with E-state index in [9.17, 15) is 4.79 Å². The molecule has 4 heterocycles. The molecule has 0 radical (unpaired) electrons. The monoisotopic (exact) mass is 411 g/mol. The Hall–Kier alpha value is -2.89. The number of anilines is 1. The molecule has 0 aromatic carbocycles. The predicted octanol–water partition coefficient (Wildman–Crippen LogP) is 2.69. The highest BCUT2D eigenvalue weighted by Crippen LogP contribution is 2.19. The lowest BCUT2D eigenvalue weighted by Crippen LogP contribution is -2.25. The van der Waals surface area contributed by atoms with E-state index in [0.717, 1.165) is 74.3 Å². The van der Waals surface area contributed by atoms with Gasteiger partial charge in [-0.25, -0.2) is 9.97 Å². The fraction of sp³-hybridized carbons (Fsp3) is 0.500. The van der Waals surface area contributed by atoms with Gasteiger partial charge in [0.25, 0.3) is 0 Å². The van der Waals surface area contributed by atoms with Crippen molar-refractivity contribution < 1.29 is 14.3 Å². The Morgan fingerprint density at radius 1 is 1.40 bits per heavy atom. The SMILES string of the molecule is C=CC(=O)N1CCCC1.CNc1ncnc2[nH]c(C#CCOC3CCCCO3)cc12. The summed E-state index contributed by atoms with van der Waals surface area (Å²) in [5.41, 5.74) is 1.57. The van der Waals surface area contributed by atoms with Crippen molar-refractivity contribution in [3.8, 4) is 11.8 Å². The van der Waals surface area contributed by atoms with Gasteiger partial charge in [-0.1, -0.05) is 12.5 Å². The summed E-state index contributed by atoms with van der Waals surface area (Å²) < 4.78 is 11.1. The zero-order valence-electron chi connectivity index (χ0n) is 17.4. The molecule has 2 saturated heterocycles. The Balaban J connectivity index is 0.000000239. The van der Waals surface area contributed by atoms with E-state index in [4.69, 9.17) is 9.47 Å². The number of rotatable bonds is 4. The first kappa shape index (κ1) is 21.8. The molecule has 160 valence electrons. The second kappa shape index (κ2) is 11.3. The first-order valence-corrected chi connectivity index (χ1v) is 10.4. The Morgan fingerprint density at radius 3 is 2.93 bits per heavy atom. The van der Waals surface area contributed by atoms with Crippen molar-refractivity contribution in [3.63, 3.8) is 0 Å². The van der Waals surface area contributed by atoms with Crippen LogP contribution >= 0.6 is 0 Å². The highest BCUT2D eigenvalue weighted by Gasteiger charge is 2.14. The molecule has 1 amide bonds. The number of hydrogen-bond acceptors (Lipinski definition) is 6. The molecule has 0 spiro atoms. The van der Waals surface area contributed by atoms with Crippen LogP contribution < -0.4 is 5.32 Å². The number of carbonyl (C=O) groups excluding carboxylic acids is 1. The third kappa shape index (κ3) is 6.05. The summed E-state index contributed by atoms with van der Waals surface area (Å²) in [5, 5.41) is 3.96. The van der Waals surface area contributed by atoms with Crippen LogP contribution in [0.5, 0.6) is 0 Å². The summed E-state index contributed by atoms with van der Waals surface area (Å²) in [6.45, 7) is 6.41. The molecule has 0 saturated carbocycles. The molecule has 2 aromatic rings. The van der Waals surface area contributed by atoms with Crippen molar-refractivity contribution in [2.75, 3.05) is 38.7 Å². The first-order chi connectivity index (χ1) is 14.7. The van der Waals surface area contributed by atoms with E-state index in [1.54, 1.807) is 0 Å². The summed E-state index contributed by atoms with van der Waals surface area (Å²) in [6, 6.07) is 1.94. The van der Waals surface area contributed by atoms with Crippen molar-refractivity contribution in [2.45, 2.75) is 38.4 Å². The van der Waals surface area contributed by atoms with Gasteiger partial charge in [0.2, 0.25) is 5.91 Å². The Bertz CT molecular complexity index is 902. The molecule has 4 rings (SSSR count). The molecular formula is C22H29N5O3. The summed E-state index contributed by atoms with van der Waals surface area (Å²) >= 11 is 0. The summed E-state index contributed by atoms with van der Waals surface area (Å²) in [5.74, 6) is 6.90. The van der Waals surface area contributed by atoms with Crippen molar-refractivity contribution >= 4 is 22.8 Å². The highest BCUT2D eigenvalue weighted by atomic mass is 16.7. The third-order valence-corrected chi connectivity index (χ3v) is 4.96. The van der Waals surface area contributed by atoms with Gasteiger partial charge in [0.15, 0.2) is 6.29 Å². The number of aromatic amines is 1. The van der Waals surface area contributed by atoms with Gasteiger partial charge < -0.3 is 24.7 Å². The van der Waals surface area contributed by atoms with Gasteiger partial charge in [-0.05, 0) is 50.2 Å². The second-order valence-corrected chi connectivity index (χ2v) is 7.06. The minimum absolute atomic E-state index is 0.0764. The van der Waals surface area contributed by atoms with Crippen LogP contribution in [-0.4, -0.2) is 65.4 Å². The van der Waals surface area contributed by atoms with Crippen LogP contribution in [0.4, 0.5) is 5.82 Å². The van der Waals surface area contributed by atoms with E-state index >= 15 is 0 Å². The van der Waals surface area contributed by atoms with E-state index in [-0.39, 0.29) is 12.2 Å². The normalized spacial score (nSPS) is 18.2. The van der Waals surface area contributed by atoms with Crippen molar-refractivity contribution in [1.29, 1.82) is 0 Å². The van der Waals surface area contributed by atoms with Crippen LogP contribution in [0.15, 0.2) is 25.0 Å². The standard InChI is InChI=1S/C15H18N4O2.C7H11NO/c1-16-14-12-9-11(19-15(12)18-10-17-14)5-4-8-21-13-6-2-3-7-20-13;1-2-7(9)8-5-3-4-6-8/h9-10,13H,2-3,6-8H2,1H3,(H2,16,17,18,19);2H,1,3-6H2. The topological polar surface area (TPSA) is 92.4 Å². The number of hydrogen-bond donors (Lipinski definition) is 2. The van der Waals surface area contributed by atoms with E-state index in [0.29, 0.717) is 6.61 Å². The molecule has 2 aromatic heterocycles. The second-order valence-electron chi connectivity index (χ2n) is 7.06. The molecule has 30 heavy (non-hydrogen) atoms. The van der Waals surface area contributed by atoms with Gasteiger partial charge in [0.05, 0.1) is 11.1 Å². The van der Waals surface area contributed by atoms with Crippen LogP contribution in [0.1, 0.15) is 37.8 Å². The summed E-state index contributed by atoms with van der Waals surface area (Å²) in [7, 11) is 1.83. The van der Waals surface area contributed by atoms with Crippen molar-refractivity contribution in [2.24, 2.45) is 0 Å². The van der Waals surface area contributed by atoms with Crippen molar-refractivity contribution in [1.82, 2.24) is 19.9 Å². The van der Waals surface area contributed by atoms with E-state index in [2.05, 4.69) is 38.7 Å². The molecular weight excluding hydrogens is 382 g/mol. The number of H-pyrrole nitrogens is 1. The average Bonchev–Trinajstić information content (AvgIpc) is 3.47. The smallest absolute Gasteiger partial charge is 0.245 e. The number of amides is 1. The number of likely N-dealkylation sites (tertiary alicyclic amines) is 1. The maximum Gasteiger partial charge on any atom is 0.245 e. The lowest BCUT2D eigenvalue weighted by molar-refractivity contribution is -0.154. The number of fused-ring (bicyclic) bond motifs is 1. The minimum Gasteiger partial charge on any atom is -0.372 e. The lowest BCUT2D eigenvalue weighted by Gasteiger charge is -2.21. The fourth-order valence-electron chi connectivity index (χ4n) is 3.38. The molecule has 8 heteroatoms. The number of carbonyl (C=O) groups is 1. The molecule has 8 nitrogen and oxygen atoms in total. The fourth-order valence-corrected chi connectivity index (χ4v) is 3.38. The number of nitrogens with zero attached hydrogens (tertiary/aromatic N) is 3. The molecule has 0 aliphatic carbocycles. The quantitative estimate of drug-likeness (QED) is 0.594. The maximum absolute atomic E-state index is 10.8. The van der Waals surface area contributed by atoms with Crippen LogP contribution in [0, 0.1) is 11.8 Å². The third-order valence-electron chi connectivity index (χ3n) is 4.96. The van der Waals surface area contributed by atoms with Gasteiger partial charge in [-0.3, -0.25) is 4.79 Å². The van der Waals surface area contributed by atoms with Gasteiger partial charge in [-0.15, -0.1) is 0 Å². The Kier molecular flexibility index (Phi) is 8.24. The maximum atomic E-state index is 10.8. The zero-order chi connectivity index (χ0) is 21.2. The van der Waals surface area contributed by atoms with Gasteiger partial charge in [-0.2, -0.15) is 0 Å². The van der Waals surface area contributed by atoms with Gasteiger partial charge in [0, 0.05) is 26.7 Å². The molecule has 0 bridgehead atoms. The Morgan fingerprint density at radius 2 is 2.23 bits per heavy atom. The highest BCUT2D eigenvalue weighted by molar-refractivity contribution is 5.88. The number of aromatic nitrogens is 3. The summed E-state index contributed by atoms with van der Waals surface area (Å²) in [6.07, 6.45) is 8.34. The largest absolute Gasteiger partial charge is 0.372 e. The van der Waals surface area contributed by atoms with E-state index in [1.165, 1.54) is 12.4 Å². The van der Waals surface area contributed by atoms with Crippen LogP contribution in [0.2, 0.25) is 0 Å². The average molecular weight is 412 g/mol. The molecule has 2 aliphatic heterocycles. The van der Waals surface area contributed by atoms with Gasteiger partial charge >= 0.3 is 0 Å². The minimum atomic E-state index is -0.0995. The summed E-state index contributed by atoms with van der Waals surface area (Å²) in [4.78, 5) is 24.2. The molecule has 1 atom stereocenters. The molecule has 2 aliphatic rings. The van der Waals surface area contributed by atoms with Gasteiger partial charge in [0.1, 0.15) is 24.4 Å². The lowest BCUT2D eigenvalue weighted by atomic mass is 10.2. The molecule has 2 N–H and O–H groups in total. The van der Waals surface area contributed by atoms with Crippen LogP contribution in [-0.2, 0) is 14.3 Å². The number of nitrogens with one attached hydrogen (secondary N) is 2. The molecule has 1 unspecified atom stereocenters. The first-order valence-electron chi connectivity index (χ1n) is 10.4. The van der Waals surface area contributed by atoms with E-state index < -0.39 is 0 Å². The van der Waals surface area contributed by atoms with Crippen molar-refractivity contribution in [3.05, 3.63) is 30.7 Å². The molecule has 2 fully saturated rings. The number of ether oxygens (including phenoxy) is 2. The van der Waals surface area contributed by atoms with Crippen LogP contribution in [0.25, 0.3) is 11.0 Å². The zero-order valence-corrected chi connectivity index (χ0v) is 17.4. The van der Waals surface area contributed by atoms with E-state index in [1.807, 2.05) is 18.0 Å².